The molecule has 0 aliphatic heterocycles. The van der Waals surface area contributed by atoms with Gasteiger partial charge in [0.15, 0.2) is 11.9 Å². The Labute approximate surface area is 279 Å². The van der Waals surface area contributed by atoms with E-state index < -0.39 is 17.7 Å². The molecular formula is C42H56O4. The lowest BCUT2D eigenvalue weighted by Crippen LogP contribution is -2.38. The van der Waals surface area contributed by atoms with Gasteiger partial charge in [-0.25, -0.2) is 0 Å². The summed E-state index contributed by atoms with van der Waals surface area (Å²) in [7, 11) is 0. The van der Waals surface area contributed by atoms with Crippen LogP contribution in [0.1, 0.15) is 89.0 Å². The lowest BCUT2D eigenvalue weighted by Gasteiger charge is -2.36. The largest absolute Gasteiger partial charge is 0.454 e. The Kier molecular flexibility index (Phi) is 16.9. The Balaban J connectivity index is 2.70. The fraction of sp³-hybridized carbons (Fsp3) is 0.381. The van der Waals surface area contributed by atoms with Crippen LogP contribution in [0.5, 0.6) is 0 Å². The zero-order chi connectivity index (χ0) is 34.9. The predicted octanol–water partition coefficient (Wildman–Crippen LogP) is 10.5. The zero-order valence-corrected chi connectivity index (χ0v) is 30.0. The van der Waals surface area contributed by atoms with Crippen molar-refractivity contribution in [2.75, 3.05) is 0 Å². The van der Waals surface area contributed by atoms with Crippen molar-refractivity contribution >= 4 is 11.8 Å². The number of esters is 1. The van der Waals surface area contributed by atoms with Crippen LogP contribution in [0.2, 0.25) is 0 Å². The molecule has 0 amide bonds. The lowest BCUT2D eigenvalue weighted by atomic mass is 9.71. The third kappa shape index (κ3) is 16.9. The maximum Gasteiger partial charge on any atom is 0.303 e. The third-order valence-electron chi connectivity index (χ3n) is 7.29. The van der Waals surface area contributed by atoms with Crippen molar-refractivity contribution in [1.29, 1.82) is 0 Å². The molecule has 0 aromatic carbocycles. The quantitative estimate of drug-likeness (QED) is 0.154. The first-order valence-corrected chi connectivity index (χ1v) is 16.0. The topological polar surface area (TPSA) is 63.6 Å². The highest BCUT2D eigenvalue weighted by molar-refractivity contribution is 6.01. The minimum atomic E-state index is -0.707. The Morgan fingerprint density at radius 3 is 1.61 bits per heavy atom. The van der Waals surface area contributed by atoms with Crippen LogP contribution in [0.15, 0.2) is 142 Å². The van der Waals surface area contributed by atoms with E-state index in [-0.39, 0.29) is 11.2 Å². The van der Waals surface area contributed by atoms with Gasteiger partial charge in [0.1, 0.15) is 0 Å². The zero-order valence-electron chi connectivity index (χ0n) is 30.0. The second kappa shape index (κ2) is 19.5. The van der Waals surface area contributed by atoms with E-state index in [0.29, 0.717) is 18.4 Å². The number of hydrogen-bond acceptors (Lipinski definition) is 4. The molecule has 0 radical (unpaired) electrons. The van der Waals surface area contributed by atoms with Crippen molar-refractivity contribution in [3.8, 4) is 0 Å². The van der Waals surface area contributed by atoms with Gasteiger partial charge in [0.25, 0.3) is 0 Å². The fourth-order valence-electron chi connectivity index (χ4n) is 4.69. The molecule has 1 atom stereocenters. The summed E-state index contributed by atoms with van der Waals surface area (Å²) in [5.41, 5.74) is 6.32. The van der Waals surface area contributed by atoms with Gasteiger partial charge >= 0.3 is 5.97 Å². The first-order valence-electron chi connectivity index (χ1n) is 16.0. The Bertz CT molecular complexity index is 1440. The summed E-state index contributed by atoms with van der Waals surface area (Å²) >= 11 is 0. The third-order valence-corrected chi connectivity index (χ3v) is 7.29. The number of hydrogen-bond donors (Lipinski definition) is 1. The van der Waals surface area contributed by atoms with Gasteiger partial charge in [-0.3, -0.25) is 9.59 Å². The molecule has 4 heteroatoms. The number of Topliss-reactive ketones (excluding diaryl/α,β-unsaturated/α-hetero) is 1. The van der Waals surface area contributed by atoms with Gasteiger partial charge in [-0.15, -0.1) is 0 Å². The van der Waals surface area contributed by atoms with Crippen LogP contribution in [0, 0.1) is 5.41 Å². The summed E-state index contributed by atoms with van der Waals surface area (Å²) < 4.78 is 5.26. The molecule has 0 spiro atoms. The van der Waals surface area contributed by atoms with Crippen LogP contribution in [0.25, 0.3) is 0 Å². The van der Waals surface area contributed by atoms with Gasteiger partial charge in [-0.2, -0.15) is 0 Å². The van der Waals surface area contributed by atoms with E-state index in [1.165, 1.54) is 6.92 Å². The van der Waals surface area contributed by atoms with E-state index >= 15 is 0 Å². The Morgan fingerprint density at radius 2 is 1.17 bits per heavy atom. The summed E-state index contributed by atoms with van der Waals surface area (Å²) in [5.74, 6) is -0.545. The average molecular weight is 625 g/mol. The maximum absolute atomic E-state index is 12.7. The Hall–Kier alpha value is -4.02. The molecule has 0 saturated heterocycles. The second-order valence-electron chi connectivity index (χ2n) is 13.4. The predicted molar refractivity (Wildman–Crippen MR) is 196 cm³/mol. The van der Waals surface area contributed by atoms with Crippen LogP contribution in [-0.4, -0.2) is 28.6 Å². The highest BCUT2D eigenvalue weighted by atomic mass is 16.5. The number of carbonyl (C=O) groups is 2. The van der Waals surface area contributed by atoms with E-state index in [2.05, 4.69) is 83.2 Å². The molecule has 46 heavy (non-hydrogen) atoms. The molecule has 1 aliphatic rings. The second-order valence-corrected chi connectivity index (χ2v) is 13.4. The first kappa shape index (κ1) is 40.0. The maximum atomic E-state index is 12.7. The van der Waals surface area contributed by atoms with Crippen LogP contribution in [0.3, 0.4) is 0 Å². The minimum Gasteiger partial charge on any atom is -0.454 e. The molecule has 0 aromatic heterocycles. The van der Waals surface area contributed by atoms with Gasteiger partial charge < -0.3 is 9.84 Å². The molecule has 0 bridgehead atoms. The smallest absolute Gasteiger partial charge is 0.303 e. The van der Waals surface area contributed by atoms with Crippen molar-refractivity contribution in [2.24, 2.45) is 5.41 Å². The Morgan fingerprint density at radius 1 is 0.761 bits per heavy atom. The van der Waals surface area contributed by atoms with Crippen LogP contribution in [0.4, 0.5) is 0 Å². The van der Waals surface area contributed by atoms with Crippen molar-refractivity contribution in [3.05, 3.63) is 142 Å². The number of ketones is 1. The highest BCUT2D eigenvalue weighted by Crippen LogP contribution is 2.40. The molecule has 1 N–H and O–H groups in total. The monoisotopic (exact) mass is 624 g/mol. The first-order chi connectivity index (χ1) is 21.4. The standard InChI is InChI=1S/C42H56O4/c1-31(20-14-22-33(3)23-15-24-34(4)26-17-29-42(10,11)45)18-12-13-19-32(2)21-16-25-35(5)27-28-38-36(6)40(44)39(46-37(7)43)30-41(38,8)9/h12-28,39,45H,29-30H2,1-11H3/b13-12+,20-14+,21-16+,23-15+,26-17+,28-27+,31-18+,32-19+,33-22+,34-24+,35-25+/t39-/m0/s1. The molecule has 0 unspecified atom stereocenters. The molecule has 0 aromatic rings. The van der Waals surface area contributed by atoms with Gasteiger partial charge in [-0.1, -0.05) is 145 Å². The van der Waals surface area contributed by atoms with Gasteiger partial charge in [0.2, 0.25) is 0 Å². The van der Waals surface area contributed by atoms with E-state index in [1.807, 2.05) is 75.5 Å². The molecule has 1 rings (SSSR count). The number of ether oxygens (including phenoxy) is 1. The molecule has 1 aliphatic carbocycles. The van der Waals surface area contributed by atoms with Gasteiger partial charge in [0.05, 0.1) is 5.60 Å². The summed E-state index contributed by atoms with van der Waals surface area (Å²) in [5, 5.41) is 9.78. The van der Waals surface area contributed by atoms with E-state index in [0.717, 1.165) is 33.4 Å². The molecule has 0 fully saturated rings. The molecule has 0 saturated carbocycles. The fourth-order valence-corrected chi connectivity index (χ4v) is 4.69. The number of rotatable bonds is 14. The van der Waals surface area contributed by atoms with Crippen LogP contribution >= 0.6 is 0 Å². The van der Waals surface area contributed by atoms with Gasteiger partial charge in [0, 0.05) is 13.3 Å². The van der Waals surface area contributed by atoms with Crippen molar-refractivity contribution in [3.63, 3.8) is 0 Å². The summed E-state index contributed by atoms with van der Waals surface area (Å²) in [6, 6.07) is 0. The molecular weight excluding hydrogens is 568 g/mol. The van der Waals surface area contributed by atoms with E-state index in [1.54, 1.807) is 13.8 Å². The number of allylic oxidation sites excluding steroid dienone is 22. The summed E-state index contributed by atoms with van der Waals surface area (Å²) in [4.78, 5) is 24.1. The van der Waals surface area contributed by atoms with Crippen molar-refractivity contribution in [1.82, 2.24) is 0 Å². The van der Waals surface area contributed by atoms with Gasteiger partial charge in [-0.05, 0) is 78.4 Å². The van der Waals surface area contributed by atoms with Crippen molar-refractivity contribution in [2.45, 2.75) is 101 Å². The number of carbonyl (C=O) groups excluding carboxylic acids is 2. The lowest BCUT2D eigenvalue weighted by molar-refractivity contribution is -0.153. The van der Waals surface area contributed by atoms with E-state index in [9.17, 15) is 14.7 Å². The van der Waals surface area contributed by atoms with E-state index in [4.69, 9.17) is 4.74 Å². The minimum absolute atomic E-state index is 0.117. The summed E-state index contributed by atoms with van der Waals surface area (Å²) in [6.07, 6.45) is 35.2. The number of aliphatic hydroxyl groups is 1. The SMILES string of the molecule is CC(=O)O[C@H]1CC(C)(C)C(/C=C/C(C)=C/C=C/C(C)=C/C=C/C=C(C)/C=C/C=C(C)/C=C/C=C(C)/C=C/CC(C)(C)O)=C(C)C1=O. The van der Waals surface area contributed by atoms with Crippen LogP contribution in [-0.2, 0) is 14.3 Å². The molecule has 248 valence electrons. The molecule has 0 heterocycles. The summed E-state index contributed by atoms with van der Waals surface area (Å²) in [6.45, 7) is 21.2. The highest BCUT2D eigenvalue weighted by Gasteiger charge is 2.39. The van der Waals surface area contributed by atoms with Crippen molar-refractivity contribution < 1.29 is 19.4 Å². The van der Waals surface area contributed by atoms with Crippen LogP contribution < -0.4 is 0 Å². The molecule has 4 nitrogen and oxygen atoms in total. The normalized spacial score (nSPS) is 19.9. The average Bonchev–Trinajstić information content (AvgIpc) is 2.92.